The molecular formula is C14H16N2O4. The SMILES string of the molecule is O=CC[C@H]1COC(=O)N1C/C=N/OCc1ccccc1. The van der Waals surface area contributed by atoms with Gasteiger partial charge in [0.2, 0.25) is 0 Å². The number of hydrogen-bond acceptors (Lipinski definition) is 5. The molecule has 0 aromatic heterocycles. The van der Waals surface area contributed by atoms with E-state index in [9.17, 15) is 9.59 Å². The van der Waals surface area contributed by atoms with Gasteiger partial charge in [0, 0.05) is 6.42 Å². The Morgan fingerprint density at radius 2 is 2.20 bits per heavy atom. The highest BCUT2D eigenvalue weighted by molar-refractivity contribution is 5.75. The molecule has 1 amide bonds. The maximum absolute atomic E-state index is 11.4. The van der Waals surface area contributed by atoms with Gasteiger partial charge >= 0.3 is 6.09 Å². The van der Waals surface area contributed by atoms with E-state index in [2.05, 4.69) is 5.16 Å². The third-order valence-corrected chi connectivity index (χ3v) is 2.94. The quantitative estimate of drug-likeness (QED) is 0.431. The predicted octanol–water partition coefficient (Wildman–Crippen LogP) is 1.60. The van der Waals surface area contributed by atoms with Crippen LogP contribution >= 0.6 is 0 Å². The summed E-state index contributed by atoms with van der Waals surface area (Å²) >= 11 is 0. The number of nitrogens with zero attached hydrogens (tertiary/aromatic N) is 2. The van der Waals surface area contributed by atoms with Gasteiger partial charge in [0.25, 0.3) is 0 Å². The van der Waals surface area contributed by atoms with Crippen molar-refractivity contribution in [2.75, 3.05) is 13.2 Å². The lowest BCUT2D eigenvalue weighted by Gasteiger charge is -2.16. The molecule has 0 bridgehead atoms. The molecule has 6 heteroatoms. The van der Waals surface area contributed by atoms with Gasteiger partial charge < -0.3 is 14.4 Å². The smallest absolute Gasteiger partial charge is 0.410 e. The molecule has 6 nitrogen and oxygen atoms in total. The summed E-state index contributed by atoms with van der Waals surface area (Å²) in [5, 5.41) is 3.80. The molecule has 1 aliphatic heterocycles. The number of amides is 1. The van der Waals surface area contributed by atoms with Crippen molar-refractivity contribution < 1.29 is 19.2 Å². The molecule has 0 unspecified atom stereocenters. The number of carbonyl (C=O) groups excluding carboxylic acids is 2. The predicted molar refractivity (Wildman–Crippen MR) is 72.2 cm³/mol. The van der Waals surface area contributed by atoms with Crippen molar-refractivity contribution >= 4 is 18.6 Å². The van der Waals surface area contributed by atoms with Gasteiger partial charge in [0.15, 0.2) is 0 Å². The molecule has 1 heterocycles. The molecular weight excluding hydrogens is 260 g/mol. The molecule has 106 valence electrons. The number of cyclic esters (lactones) is 1. The zero-order chi connectivity index (χ0) is 14.2. The van der Waals surface area contributed by atoms with Crippen molar-refractivity contribution in [3.63, 3.8) is 0 Å². The maximum atomic E-state index is 11.4. The largest absolute Gasteiger partial charge is 0.447 e. The second kappa shape index (κ2) is 7.28. The third-order valence-electron chi connectivity index (χ3n) is 2.94. The van der Waals surface area contributed by atoms with Crippen molar-refractivity contribution in [2.24, 2.45) is 5.16 Å². The number of hydrogen-bond donors (Lipinski definition) is 0. The fourth-order valence-corrected chi connectivity index (χ4v) is 1.88. The van der Waals surface area contributed by atoms with Gasteiger partial charge in [-0.3, -0.25) is 4.90 Å². The molecule has 1 aliphatic rings. The Morgan fingerprint density at radius 1 is 1.40 bits per heavy atom. The van der Waals surface area contributed by atoms with Gasteiger partial charge in [-0.15, -0.1) is 0 Å². The van der Waals surface area contributed by atoms with E-state index in [1.54, 1.807) is 0 Å². The molecule has 2 rings (SSSR count). The molecule has 0 aliphatic carbocycles. The lowest BCUT2D eigenvalue weighted by Crippen LogP contribution is -2.35. The van der Waals surface area contributed by atoms with E-state index >= 15 is 0 Å². The molecule has 1 saturated heterocycles. The minimum atomic E-state index is -0.425. The highest BCUT2D eigenvalue weighted by atomic mass is 16.6. The highest BCUT2D eigenvalue weighted by Crippen LogP contribution is 2.13. The number of aldehydes is 1. The van der Waals surface area contributed by atoms with Crippen molar-refractivity contribution in [1.82, 2.24) is 4.90 Å². The number of rotatable bonds is 7. The molecule has 0 saturated carbocycles. The lowest BCUT2D eigenvalue weighted by molar-refractivity contribution is -0.108. The van der Waals surface area contributed by atoms with Crippen molar-refractivity contribution in [3.8, 4) is 0 Å². The molecule has 1 aromatic rings. The Balaban J connectivity index is 1.75. The molecule has 0 radical (unpaired) electrons. The van der Waals surface area contributed by atoms with Gasteiger partial charge in [0.1, 0.15) is 19.5 Å². The van der Waals surface area contributed by atoms with Crippen LogP contribution in [0.2, 0.25) is 0 Å². The van der Waals surface area contributed by atoms with Crippen LogP contribution in [0.15, 0.2) is 35.5 Å². The number of carbonyl (C=O) groups is 2. The van der Waals surface area contributed by atoms with Crippen LogP contribution in [-0.4, -0.2) is 42.7 Å². The number of ether oxygens (including phenoxy) is 1. The van der Waals surface area contributed by atoms with E-state index in [0.717, 1.165) is 11.8 Å². The maximum Gasteiger partial charge on any atom is 0.410 e. The van der Waals surface area contributed by atoms with E-state index in [4.69, 9.17) is 9.57 Å². The van der Waals surface area contributed by atoms with Crippen LogP contribution < -0.4 is 0 Å². The molecule has 1 aromatic carbocycles. The standard InChI is InChI=1S/C14H16N2O4/c17-9-6-13-11-19-14(18)16(13)8-7-15-20-10-12-4-2-1-3-5-12/h1-5,7,9,13H,6,8,10-11H2/b15-7+/t13-/m0/s1. The fourth-order valence-electron chi connectivity index (χ4n) is 1.88. The van der Waals surface area contributed by atoms with Crippen LogP contribution in [0.3, 0.4) is 0 Å². The first kappa shape index (κ1) is 14.0. The van der Waals surface area contributed by atoms with E-state index in [0.29, 0.717) is 6.61 Å². The minimum Gasteiger partial charge on any atom is -0.447 e. The Labute approximate surface area is 117 Å². The first-order valence-electron chi connectivity index (χ1n) is 6.36. The van der Waals surface area contributed by atoms with Crippen LogP contribution in [0.1, 0.15) is 12.0 Å². The topological polar surface area (TPSA) is 68.2 Å². The zero-order valence-corrected chi connectivity index (χ0v) is 11.0. The van der Waals surface area contributed by atoms with Gasteiger partial charge in [0.05, 0.1) is 18.8 Å². The monoisotopic (exact) mass is 276 g/mol. The van der Waals surface area contributed by atoms with Crippen LogP contribution in [0.25, 0.3) is 0 Å². The zero-order valence-electron chi connectivity index (χ0n) is 11.0. The fraction of sp³-hybridized carbons (Fsp3) is 0.357. The Morgan fingerprint density at radius 3 is 2.95 bits per heavy atom. The first-order chi connectivity index (χ1) is 9.81. The Kier molecular flexibility index (Phi) is 5.11. The number of oxime groups is 1. The van der Waals surface area contributed by atoms with Gasteiger partial charge in [-0.2, -0.15) is 0 Å². The second-order valence-corrected chi connectivity index (χ2v) is 4.33. The molecule has 0 N–H and O–H groups in total. The van der Waals surface area contributed by atoms with Crippen molar-refractivity contribution in [1.29, 1.82) is 0 Å². The summed E-state index contributed by atoms with van der Waals surface area (Å²) in [6, 6.07) is 9.44. The third kappa shape index (κ3) is 3.81. The molecule has 1 fully saturated rings. The second-order valence-electron chi connectivity index (χ2n) is 4.33. The molecule has 20 heavy (non-hydrogen) atoms. The highest BCUT2D eigenvalue weighted by Gasteiger charge is 2.31. The van der Waals surface area contributed by atoms with E-state index in [-0.39, 0.29) is 25.6 Å². The van der Waals surface area contributed by atoms with Crippen LogP contribution in [0, 0.1) is 0 Å². The summed E-state index contributed by atoms with van der Waals surface area (Å²) in [7, 11) is 0. The summed E-state index contributed by atoms with van der Waals surface area (Å²) in [6.45, 7) is 0.891. The summed E-state index contributed by atoms with van der Waals surface area (Å²) in [4.78, 5) is 28.5. The Bertz CT molecular complexity index is 475. The Hall–Kier alpha value is -2.37. The average Bonchev–Trinajstić information content (AvgIpc) is 2.81. The summed E-state index contributed by atoms with van der Waals surface area (Å²) < 4.78 is 4.88. The first-order valence-corrected chi connectivity index (χ1v) is 6.36. The summed E-state index contributed by atoms with van der Waals surface area (Å²) in [6.07, 6.45) is 2.12. The van der Waals surface area contributed by atoms with Crippen LogP contribution in [0.5, 0.6) is 0 Å². The van der Waals surface area contributed by atoms with Gasteiger partial charge in [-0.05, 0) is 5.56 Å². The van der Waals surface area contributed by atoms with E-state index in [1.165, 1.54) is 11.1 Å². The van der Waals surface area contributed by atoms with E-state index < -0.39 is 6.09 Å². The van der Waals surface area contributed by atoms with E-state index in [1.807, 2.05) is 30.3 Å². The van der Waals surface area contributed by atoms with Crippen LogP contribution in [-0.2, 0) is 21.0 Å². The van der Waals surface area contributed by atoms with Crippen LogP contribution in [0.4, 0.5) is 4.79 Å². The van der Waals surface area contributed by atoms with Crippen molar-refractivity contribution in [3.05, 3.63) is 35.9 Å². The summed E-state index contributed by atoms with van der Waals surface area (Å²) in [5.74, 6) is 0. The van der Waals surface area contributed by atoms with Gasteiger partial charge in [-0.25, -0.2) is 4.79 Å². The summed E-state index contributed by atoms with van der Waals surface area (Å²) in [5.41, 5.74) is 1.02. The van der Waals surface area contributed by atoms with Gasteiger partial charge in [-0.1, -0.05) is 35.5 Å². The average molecular weight is 276 g/mol. The van der Waals surface area contributed by atoms with Crippen molar-refractivity contribution in [2.45, 2.75) is 19.1 Å². The normalized spacial score (nSPS) is 18.3. The minimum absolute atomic E-state index is 0.208. The molecule has 1 atom stereocenters. The molecule has 0 spiro atoms. The number of benzene rings is 1. The lowest BCUT2D eigenvalue weighted by atomic mass is 10.2.